The molecule has 0 amide bonds. The summed E-state index contributed by atoms with van der Waals surface area (Å²) in [6.07, 6.45) is -4.19. The molecule has 8 heteroatoms. The van der Waals surface area contributed by atoms with E-state index in [1.54, 1.807) is 0 Å². The standard InChI is InChI=1S/C8H7F4NO3/c9-1-4-2-13-5(3-14)7(6(4)15)16-8(10,11)12/h2,14H,1,3H2,(H,13,15). The van der Waals surface area contributed by atoms with Gasteiger partial charge >= 0.3 is 6.36 Å². The van der Waals surface area contributed by atoms with Crippen LogP contribution in [-0.4, -0.2) is 16.5 Å². The van der Waals surface area contributed by atoms with Gasteiger partial charge in [0.05, 0.1) is 17.9 Å². The topological polar surface area (TPSA) is 62.3 Å². The minimum absolute atomic E-state index is 0.459. The Morgan fingerprint density at radius 2 is 2.06 bits per heavy atom. The summed E-state index contributed by atoms with van der Waals surface area (Å²) in [5.74, 6) is -1.13. The fourth-order valence-electron chi connectivity index (χ4n) is 1.03. The van der Waals surface area contributed by atoms with Crippen LogP contribution in [0, 0.1) is 0 Å². The molecule has 1 rings (SSSR count). The lowest BCUT2D eigenvalue weighted by molar-refractivity contribution is -0.275. The summed E-state index contributed by atoms with van der Waals surface area (Å²) in [6, 6.07) is 0. The number of hydrogen-bond donors (Lipinski definition) is 2. The van der Waals surface area contributed by atoms with Gasteiger partial charge in [0.15, 0.2) is 5.75 Å². The number of pyridine rings is 1. The second-order valence-electron chi connectivity index (χ2n) is 2.79. The van der Waals surface area contributed by atoms with Crippen molar-refractivity contribution in [2.24, 2.45) is 0 Å². The van der Waals surface area contributed by atoms with Crippen LogP contribution >= 0.6 is 0 Å². The summed E-state index contributed by atoms with van der Waals surface area (Å²) >= 11 is 0. The SMILES string of the molecule is O=c1c(CF)c[nH]c(CO)c1OC(F)(F)F. The number of hydrogen-bond acceptors (Lipinski definition) is 3. The Bertz CT molecular complexity index is 426. The van der Waals surface area contributed by atoms with Crippen molar-refractivity contribution in [3.05, 3.63) is 27.7 Å². The van der Waals surface area contributed by atoms with Gasteiger partial charge in [-0.05, 0) is 0 Å². The zero-order chi connectivity index (χ0) is 12.3. The number of H-pyrrole nitrogens is 1. The molecule has 0 saturated carbocycles. The maximum absolute atomic E-state index is 12.2. The van der Waals surface area contributed by atoms with Gasteiger partial charge in [-0.2, -0.15) is 0 Å². The number of ether oxygens (including phenoxy) is 1. The van der Waals surface area contributed by atoms with Gasteiger partial charge in [-0.1, -0.05) is 0 Å². The highest BCUT2D eigenvalue weighted by Crippen LogP contribution is 2.22. The minimum Gasteiger partial charge on any atom is -0.400 e. The van der Waals surface area contributed by atoms with Crippen LogP contribution in [0.1, 0.15) is 11.3 Å². The number of rotatable bonds is 3. The molecule has 16 heavy (non-hydrogen) atoms. The summed E-state index contributed by atoms with van der Waals surface area (Å²) in [5, 5.41) is 8.69. The van der Waals surface area contributed by atoms with E-state index >= 15 is 0 Å². The van der Waals surface area contributed by atoms with Crippen LogP contribution in [0.25, 0.3) is 0 Å². The van der Waals surface area contributed by atoms with Gasteiger partial charge in [-0.3, -0.25) is 4.79 Å². The number of alkyl halides is 4. The average Bonchev–Trinajstić information content (AvgIpc) is 2.19. The number of nitrogens with one attached hydrogen (secondary N) is 1. The van der Waals surface area contributed by atoms with Crippen LogP contribution in [0.15, 0.2) is 11.0 Å². The van der Waals surface area contributed by atoms with E-state index in [0.717, 1.165) is 6.20 Å². The molecule has 1 aromatic rings. The number of aromatic amines is 1. The van der Waals surface area contributed by atoms with Crippen LogP contribution in [0.3, 0.4) is 0 Å². The lowest BCUT2D eigenvalue weighted by atomic mass is 10.2. The third kappa shape index (κ3) is 2.72. The van der Waals surface area contributed by atoms with Gasteiger partial charge in [-0.15, -0.1) is 13.2 Å². The highest BCUT2D eigenvalue weighted by molar-refractivity contribution is 5.31. The Labute approximate surface area is 86.5 Å². The summed E-state index contributed by atoms with van der Waals surface area (Å²) in [7, 11) is 0. The maximum atomic E-state index is 12.2. The number of aromatic nitrogens is 1. The maximum Gasteiger partial charge on any atom is 0.573 e. The van der Waals surface area contributed by atoms with Crippen molar-refractivity contribution in [1.82, 2.24) is 4.98 Å². The first-order chi connectivity index (χ1) is 7.39. The molecule has 0 aromatic carbocycles. The third-order valence-corrected chi connectivity index (χ3v) is 1.71. The predicted molar refractivity (Wildman–Crippen MR) is 44.5 cm³/mol. The molecule has 0 radical (unpaired) electrons. The van der Waals surface area contributed by atoms with E-state index in [0.29, 0.717) is 0 Å². The normalized spacial score (nSPS) is 11.6. The molecule has 0 spiro atoms. The molecule has 0 aliphatic rings. The van der Waals surface area contributed by atoms with Crippen molar-refractivity contribution in [1.29, 1.82) is 0 Å². The summed E-state index contributed by atoms with van der Waals surface area (Å²) in [4.78, 5) is 13.4. The first kappa shape index (κ1) is 12.5. The van der Waals surface area contributed by atoms with E-state index in [1.165, 1.54) is 0 Å². The molecular weight excluding hydrogens is 234 g/mol. The van der Waals surface area contributed by atoms with Crippen molar-refractivity contribution in [2.75, 3.05) is 0 Å². The van der Waals surface area contributed by atoms with E-state index in [-0.39, 0.29) is 0 Å². The van der Waals surface area contributed by atoms with E-state index in [1.807, 2.05) is 0 Å². The third-order valence-electron chi connectivity index (χ3n) is 1.71. The van der Waals surface area contributed by atoms with Crippen LogP contribution in [0.5, 0.6) is 5.75 Å². The molecule has 2 N–H and O–H groups in total. The summed E-state index contributed by atoms with van der Waals surface area (Å²) in [6.45, 7) is -2.08. The van der Waals surface area contributed by atoms with Gasteiger partial charge in [-0.25, -0.2) is 4.39 Å². The first-order valence-electron chi connectivity index (χ1n) is 4.05. The molecule has 1 aromatic heterocycles. The largest absolute Gasteiger partial charge is 0.573 e. The van der Waals surface area contributed by atoms with Crippen LogP contribution in [0.4, 0.5) is 17.6 Å². The van der Waals surface area contributed by atoms with Crippen molar-refractivity contribution in [3.63, 3.8) is 0 Å². The van der Waals surface area contributed by atoms with Crippen molar-refractivity contribution < 1.29 is 27.4 Å². The van der Waals surface area contributed by atoms with E-state index in [4.69, 9.17) is 5.11 Å². The average molecular weight is 241 g/mol. The highest BCUT2D eigenvalue weighted by atomic mass is 19.4. The predicted octanol–water partition coefficient (Wildman–Crippen LogP) is 1.24. The van der Waals surface area contributed by atoms with Gasteiger partial charge in [0.1, 0.15) is 6.67 Å². The summed E-state index contributed by atoms with van der Waals surface area (Å²) in [5.41, 5.74) is -2.20. The molecule has 90 valence electrons. The lowest BCUT2D eigenvalue weighted by Gasteiger charge is -2.11. The molecule has 0 bridgehead atoms. The monoisotopic (exact) mass is 241 g/mol. The molecule has 0 aliphatic heterocycles. The first-order valence-corrected chi connectivity index (χ1v) is 4.05. The second-order valence-corrected chi connectivity index (χ2v) is 2.79. The number of aliphatic hydroxyl groups is 1. The molecule has 0 atom stereocenters. The van der Waals surface area contributed by atoms with Gasteiger partial charge in [0.2, 0.25) is 5.43 Å². The van der Waals surface area contributed by atoms with E-state index < -0.39 is 42.1 Å². The van der Waals surface area contributed by atoms with Crippen molar-refractivity contribution in [3.8, 4) is 5.75 Å². The van der Waals surface area contributed by atoms with Crippen LogP contribution < -0.4 is 10.2 Å². The molecule has 1 heterocycles. The van der Waals surface area contributed by atoms with Gasteiger partial charge in [0, 0.05) is 6.20 Å². The molecule has 4 nitrogen and oxygen atoms in total. The fraction of sp³-hybridized carbons (Fsp3) is 0.375. The smallest absolute Gasteiger partial charge is 0.400 e. The summed E-state index contributed by atoms with van der Waals surface area (Å²) < 4.78 is 51.4. The number of halogens is 4. The Morgan fingerprint density at radius 3 is 2.50 bits per heavy atom. The molecule has 0 unspecified atom stereocenters. The molecular formula is C8H7F4NO3. The van der Waals surface area contributed by atoms with Crippen molar-refractivity contribution >= 4 is 0 Å². The zero-order valence-corrected chi connectivity index (χ0v) is 7.77. The van der Waals surface area contributed by atoms with E-state index in [2.05, 4.69) is 9.72 Å². The lowest BCUT2D eigenvalue weighted by Crippen LogP contribution is -2.25. The van der Waals surface area contributed by atoms with Gasteiger partial charge < -0.3 is 14.8 Å². The Balaban J connectivity index is 3.27. The highest BCUT2D eigenvalue weighted by Gasteiger charge is 2.33. The van der Waals surface area contributed by atoms with Gasteiger partial charge in [0.25, 0.3) is 0 Å². The van der Waals surface area contributed by atoms with Crippen molar-refractivity contribution in [2.45, 2.75) is 19.6 Å². The zero-order valence-electron chi connectivity index (χ0n) is 7.77. The fourth-order valence-corrected chi connectivity index (χ4v) is 1.03. The van der Waals surface area contributed by atoms with Crippen LogP contribution in [0.2, 0.25) is 0 Å². The molecule has 0 fully saturated rings. The Kier molecular flexibility index (Phi) is 3.53. The van der Waals surface area contributed by atoms with E-state index in [9.17, 15) is 22.4 Å². The van der Waals surface area contributed by atoms with Crippen LogP contribution in [-0.2, 0) is 13.3 Å². The Morgan fingerprint density at radius 1 is 1.44 bits per heavy atom. The molecule has 0 saturated heterocycles. The Hall–Kier alpha value is -1.57. The quantitative estimate of drug-likeness (QED) is 0.782. The molecule has 0 aliphatic carbocycles. The minimum atomic E-state index is -5.08. The second kappa shape index (κ2) is 4.52. The number of aliphatic hydroxyl groups excluding tert-OH is 1.